The fourth-order valence-electron chi connectivity index (χ4n) is 3.87. The maximum absolute atomic E-state index is 12.2. The van der Waals surface area contributed by atoms with Gasteiger partial charge in [0.1, 0.15) is 0 Å². The SMILES string of the molecule is CCC1(S(=O)(=O)NC(=O)C2CC2C2CCCCC2)CC1. The van der Waals surface area contributed by atoms with E-state index in [-0.39, 0.29) is 11.8 Å². The molecule has 1 N–H and O–H groups in total. The molecule has 1 amide bonds. The van der Waals surface area contributed by atoms with Gasteiger partial charge in [0.25, 0.3) is 0 Å². The van der Waals surface area contributed by atoms with Gasteiger partial charge in [0, 0.05) is 5.92 Å². The van der Waals surface area contributed by atoms with Crippen molar-refractivity contribution in [1.82, 2.24) is 4.72 Å². The Morgan fingerprint density at radius 2 is 1.85 bits per heavy atom. The van der Waals surface area contributed by atoms with Crippen LogP contribution < -0.4 is 4.72 Å². The minimum atomic E-state index is -3.46. The predicted octanol–water partition coefficient (Wildman–Crippen LogP) is 2.59. The van der Waals surface area contributed by atoms with Crippen LogP contribution in [0.2, 0.25) is 0 Å². The third-order valence-corrected chi connectivity index (χ3v) is 8.00. The van der Waals surface area contributed by atoms with Crippen LogP contribution in [0.3, 0.4) is 0 Å². The molecular weight excluding hydrogens is 274 g/mol. The molecule has 0 radical (unpaired) electrons. The average Bonchev–Trinajstić information content (AvgIpc) is 3.31. The highest BCUT2D eigenvalue weighted by atomic mass is 32.2. The van der Waals surface area contributed by atoms with Crippen LogP contribution in [0.4, 0.5) is 0 Å². The van der Waals surface area contributed by atoms with Gasteiger partial charge in [0.05, 0.1) is 4.75 Å². The van der Waals surface area contributed by atoms with Crippen molar-refractivity contribution in [2.45, 2.75) is 69.5 Å². The Balaban J connectivity index is 1.56. The summed E-state index contributed by atoms with van der Waals surface area (Å²) < 4.78 is 26.2. The molecule has 0 heterocycles. The normalized spacial score (nSPS) is 32.6. The van der Waals surface area contributed by atoms with Gasteiger partial charge >= 0.3 is 0 Å². The predicted molar refractivity (Wildman–Crippen MR) is 77.5 cm³/mol. The minimum absolute atomic E-state index is 0.0412. The van der Waals surface area contributed by atoms with E-state index in [2.05, 4.69) is 4.72 Å². The van der Waals surface area contributed by atoms with Crippen molar-refractivity contribution in [2.24, 2.45) is 17.8 Å². The Kier molecular flexibility index (Phi) is 3.59. The molecule has 0 bridgehead atoms. The van der Waals surface area contributed by atoms with Crippen LogP contribution in [0.5, 0.6) is 0 Å². The van der Waals surface area contributed by atoms with Gasteiger partial charge in [-0.15, -0.1) is 0 Å². The topological polar surface area (TPSA) is 63.2 Å². The minimum Gasteiger partial charge on any atom is -0.274 e. The van der Waals surface area contributed by atoms with Crippen LogP contribution >= 0.6 is 0 Å². The standard InChI is InChI=1S/C15H25NO3S/c1-2-15(8-9-15)20(18,19)16-14(17)13-10-12(13)11-6-4-3-5-7-11/h11-13H,2-10H2,1H3,(H,16,17). The molecule has 0 aromatic heterocycles. The molecule has 0 spiro atoms. The molecule has 2 atom stereocenters. The molecular formula is C15H25NO3S. The average molecular weight is 299 g/mol. The zero-order valence-electron chi connectivity index (χ0n) is 12.2. The summed E-state index contributed by atoms with van der Waals surface area (Å²) in [6.07, 6.45) is 9.19. The fourth-order valence-corrected chi connectivity index (χ4v) is 5.52. The summed E-state index contributed by atoms with van der Waals surface area (Å²) in [5.41, 5.74) is 0. The van der Waals surface area contributed by atoms with Crippen LogP contribution in [-0.2, 0) is 14.8 Å². The summed E-state index contributed by atoms with van der Waals surface area (Å²) in [7, 11) is -3.46. The lowest BCUT2D eigenvalue weighted by Gasteiger charge is -2.21. The van der Waals surface area contributed by atoms with Crippen molar-refractivity contribution in [2.75, 3.05) is 0 Å². The van der Waals surface area contributed by atoms with Crippen molar-refractivity contribution in [1.29, 1.82) is 0 Å². The van der Waals surface area contributed by atoms with E-state index in [1.54, 1.807) is 0 Å². The molecule has 3 rings (SSSR count). The van der Waals surface area contributed by atoms with Gasteiger partial charge in [0.2, 0.25) is 15.9 Å². The Morgan fingerprint density at radius 3 is 2.40 bits per heavy atom. The Bertz CT molecular complexity index is 489. The van der Waals surface area contributed by atoms with Gasteiger partial charge < -0.3 is 0 Å². The maximum Gasteiger partial charge on any atom is 0.240 e. The van der Waals surface area contributed by atoms with Crippen LogP contribution in [-0.4, -0.2) is 19.1 Å². The van der Waals surface area contributed by atoms with E-state index in [1.165, 1.54) is 32.1 Å². The van der Waals surface area contributed by atoms with E-state index in [0.29, 0.717) is 31.1 Å². The second-order valence-corrected chi connectivity index (χ2v) is 8.99. The fraction of sp³-hybridized carbons (Fsp3) is 0.933. The zero-order valence-corrected chi connectivity index (χ0v) is 13.0. The van der Waals surface area contributed by atoms with Crippen molar-refractivity contribution in [3.63, 3.8) is 0 Å². The first kappa shape index (κ1) is 14.4. The number of carbonyl (C=O) groups excluding carboxylic acids is 1. The second kappa shape index (κ2) is 5.00. The number of carbonyl (C=O) groups is 1. The highest BCUT2D eigenvalue weighted by Gasteiger charge is 2.55. The van der Waals surface area contributed by atoms with Crippen LogP contribution in [0.15, 0.2) is 0 Å². The molecule has 0 aromatic carbocycles. The summed E-state index contributed by atoms with van der Waals surface area (Å²) in [5.74, 6) is 0.825. The summed E-state index contributed by atoms with van der Waals surface area (Å²) >= 11 is 0. The summed E-state index contributed by atoms with van der Waals surface area (Å²) in [6.45, 7) is 1.89. The Labute approximate surface area is 121 Å². The second-order valence-electron chi connectivity index (χ2n) is 6.91. The molecule has 0 aliphatic heterocycles. The number of hydrogen-bond donors (Lipinski definition) is 1. The highest BCUT2D eigenvalue weighted by molar-refractivity contribution is 7.91. The molecule has 20 heavy (non-hydrogen) atoms. The number of rotatable bonds is 5. The third kappa shape index (κ3) is 2.49. The lowest BCUT2D eigenvalue weighted by atomic mass is 9.85. The van der Waals surface area contributed by atoms with E-state index < -0.39 is 14.8 Å². The lowest BCUT2D eigenvalue weighted by Crippen LogP contribution is -2.40. The third-order valence-electron chi connectivity index (χ3n) is 5.69. The molecule has 5 heteroatoms. The van der Waals surface area contributed by atoms with Gasteiger partial charge in [-0.2, -0.15) is 0 Å². The first-order valence-corrected chi connectivity index (χ1v) is 9.53. The van der Waals surface area contributed by atoms with Gasteiger partial charge in [-0.1, -0.05) is 39.0 Å². The Morgan fingerprint density at radius 1 is 1.20 bits per heavy atom. The summed E-state index contributed by atoms with van der Waals surface area (Å²) in [4.78, 5) is 12.2. The molecule has 3 aliphatic rings. The molecule has 0 saturated heterocycles. The first-order valence-electron chi connectivity index (χ1n) is 8.05. The van der Waals surface area contributed by atoms with Crippen LogP contribution in [0, 0.1) is 17.8 Å². The number of sulfonamides is 1. The monoisotopic (exact) mass is 299 g/mol. The molecule has 114 valence electrons. The van der Waals surface area contributed by atoms with Gasteiger partial charge in [-0.3, -0.25) is 9.52 Å². The smallest absolute Gasteiger partial charge is 0.240 e. The van der Waals surface area contributed by atoms with Crippen molar-refractivity contribution >= 4 is 15.9 Å². The summed E-state index contributed by atoms with van der Waals surface area (Å²) in [5, 5.41) is 0. The van der Waals surface area contributed by atoms with E-state index in [9.17, 15) is 13.2 Å². The van der Waals surface area contributed by atoms with E-state index in [0.717, 1.165) is 6.42 Å². The molecule has 3 saturated carbocycles. The summed E-state index contributed by atoms with van der Waals surface area (Å²) in [6, 6.07) is 0. The molecule has 2 unspecified atom stereocenters. The molecule has 3 aliphatic carbocycles. The van der Waals surface area contributed by atoms with Crippen molar-refractivity contribution in [3.8, 4) is 0 Å². The van der Waals surface area contributed by atoms with E-state index in [4.69, 9.17) is 0 Å². The van der Waals surface area contributed by atoms with Crippen LogP contribution in [0.25, 0.3) is 0 Å². The zero-order chi connectivity index (χ0) is 14.4. The number of hydrogen-bond acceptors (Lipinski definition) is 3. The molecule has 4 nitrogen and oxygen atoms in total. The van der Waals surface area contributed by atoms with Crippen molar-refractivity contribution in [3.05, 3.63) is 0 Å². The number of nitrogens with one attached hydrogen (secondary N) is 1. The van der Waals surface area contributed by atoms with Crippen LogP contribution in [0.1, 0.15) is 64.7 Å². The highest BCUT2D eigenvalue weighted by Crippen LogP contribution is 2.50. The quantitative estimate of drug-likeness (QED) is 0.848. The first-order chi connectivity index (χ1) is 9.49. The maximum atomic E-state index is 12.2. The van der Waals surface area contributed by atoms with Crippen molar-refractivity contribution < 1.29 is 13.2 Å². The molecule has 0 aromatic rings. The lowest BCUT2D eigenvalue weighted by molar-refractivity contribution is -0.121. The van der Waals surface area contributed by atoms with E-state index >= 15 is 0 Å². The van der Waals surface area contributed by atoms with Gasteiger partial charge in [-0.25, -0.2) is 8.42 Å². The Hall–Kier alpha value is -0.580. The van der Waals surface area contributed by atoms with E-state index in [1.807, 2.05) is 6.92 Å². The van der Waals surface area contributed by atoms with Gasteiger partial charge in [0.15, 0.2) is 0 Å². The molecule has 3 fully saturated rings. The van der Waals surface area contributed by atoms with Gasteiger partial charge in [-0.05, 0) is 37.5 Å². The number of amides is 1. The largest absolute Gasteiger partial charge is 0.274 e.